The number of carbonyl (C=O) groups is 5. The summed E-state index contributed by atoms with van der Waals surface area (Å²) in [5, 5.41) is 16.8. The van der Waals surface area contributed by atoms with E-state index in [-0.39, 0.29) is 54.5 Å². The largest absolute Gasteiger partial charge is 0.445 e. The molecule has 15 heteroatoms. The Hall–Kier alpha value is -4.73. The van der Waals surface area contributed by atoms with E-state index in [9.17, 15) is 29.1 Å². The molecular weight excluding hydrogens is 793 g/mol. The summed E-state index contributed by atoms with van der Waals surface area (Å²) in [5.41, 5.74) is 7.80. The number of likely N-dealkylation sites (N-methyl/N-ethyl adjacent to an activating group) is 2. The number of likely N-dealkylation sites (tertiary alicyclic amines) is 1. The predicted octanol–water partition coefficient (Wildman–Crippen LogP) is 5.16. The molecule has 346 valence electrons. The van der Waals surface area contributed by atoms with Crippen LogP contribution in [0.1, 0.15) is 98.3 Å². The van der Waals surface area contributed by atoms with Crippen molar-refractivity contribution >= 4 is 35.4 Å². The number of rotatable bonds is 22. The van der Waals surface area contributed by atoms with Crippen LogP contribution in [0.25, 0.3) is 0 Å². The Morgan fingerprint density at radius 1 is 0.855 bits per heavy atom. The first kappa shape index (κ1) is 51.6. The van der Waals surface area contributed by atoms with Crippen molar-refractivity contribution in [2.45, 2.75) is 136 Å². The Kier molecular flexibility index (Phi) is 20.2. The van der Waals surface area contributed by atoms with Crippen molar-refractivity contribution in [3.63, 3.8) is 0 Å². The lowest BCUT2D eigenvalue weighted by Gasteiger charge is -2.41. The van der Waals surface area contributed by atoms with Crippen LogP contribution in [0.4, 0.5) is 10.5 Å². The van der Waals surface area contributed by atoms with Gasteiger partial charge in [0, 0.05) is 40.5 Å². The van der Waals surface area contributed by atoms with Gasteiger partial charge in [0.05, 0.1) is 48.8 Å². The molecule has 0 aliphatic carbocycles. The summed E-state index contributed by atoms with van der Waals surface area (Å²) in [6, 6.07) is 12.7. The molecule has 0 aromatic heterocycles. The van der Waals surface area contributed by atoms with Crippen molar-refractivity contribution in [2.24, 2.45) is 23.7 Å². The Balaban J connectivity index is 1.75. The van der Waals surface area contributed by atoms with Crippen molar-refractivity contribution in [2.75, 3.05) is 40.6 Å². The van der Waals surface area contributed by atoms with Gasteiger partial charge in [-0.1, -0.05) is 97.4 Å². The van der Waals surface area contributed by atoms with Crippen LogP contribution in [-0.4, -0.2) is 127 Å². The molecule has 15 nitrogen and oxygen atoms in total. The Bertz CT molecular complexity index is 1740. The van der Waals surface area contributed by atoms with E-state index in [1.807, 2.05) is 59.7 Å². The number of amides is 5. The first-order chi connectivity index (χ1) is 29.3. The highest BCUT2D eigenvalue weighted by atomic mass is 16.6. The third kappa shape index (κ3) is 13.4. The number of aliphatic hydroxyl groups excluding tert-OH is 1. The van der Waals surface area contributed by atoms with Crippen LogP contribution in [0.2, 0.25) is 0 Å². The van der Waals surface area contributed by atoms with Crippen molar-refractivity contribution in [3.05, 3.63) is 65.7 Å². The molecular formula is C47H74N6O9. The summed E-state index contributed by atoms with van der Waals surface area (Å²) in [5.74, 6) is -2.72. The predicted molar refractivity (Wildman–Crippen MR) is 239 cm³/mol. The molecule has 2 aromatic rings. The van der Waals surface area contributed by atoms with Gasteiger partial charge in [-0.25, -0.2) is 4.79 Å². The van der Waals surface area contributed by atoms with Gasteiger partial charge in [-0.05, 0) is 60.8 Å². The highest BCUT2D eigenvalue weighted by Crippen LogP contribution is 2.30. The van der Waals surface area contributed by atoms with E-state index < -0.39 is 60.4 Å². The monoisotopic (exact) mass is 867 g/mol. The number of nitrogens with two attached hydrogens (primary N) is 1. The molecule has 1 heterocycles. The van der Waals surface area contributed by atoms with Crippen LogP contribution in [-0.2, 0) is 40.0 Å². The number of anilines is 1. The number of hydrogen-bond donors (Lipinski definition) is 4. The normalized spacial score (nSPS) is 18.4. The number of nitrogens with one attached hydrogen (secondary N) is 2. The first-order valence-corrected chi connectivity index (χ1v) is 22.0. The summed E-state index contributed by atoms with van der Waals surface area (Å²) in [6.45, 7) is 15.3. The Labute approximate surface area is 369 Å². The van der Waals surface area contributed by atoms with E-state index in [4.69, 9.17) is 19.9 Å². The fraction of sp³-hybridized carbons (Fsp3) is 0.638. The van der Waals surface area contributed by atoms with Crippen molar-refractivity contribution < 1.29 is 43.3 Å². The maximum Gasteiger partial charge on any atom is 0.410 e. The van der Waals surface area contributed by atoms with Gasteiger partial charge in [-0.2, -0.15) is 0 Å². The van der Waals surface area contributed by atoms with Crippen molar-refractivity contribution in [1.29, 1.82) is 0 Å². The average molecular weight is 867 g/mol. The average Bonchev–Trinajstić information content (AvgIpc) is 3.74. The maximum atomic E-state index is 14.5. The summed E-state index contributed by atoms with van der Waals surface area (Å²) >= 11 is 0. The van der Waals surface area contributed by atoms with Crippen LogP contribution < -0.4 is 16.4 Å². The topological polar surface area (TPSA) is 193 Å². The number of aliphatic hydroxyl groups is 1. The second-order valence-corrected chi connectivity index (χ2v) is 17.6. The minimum absolute atomic E-state index is 0.00367. The van der Waals surface area contributed by atoms with Gasteiger partial charge in [0.15, 0.2) is 0 Å². The first-order valence-electron chi connectivity index (χ1n) is 22.0. The molecule has 1 aliphatic heterocycles. The zero-order valence-corrected chi connectivity index (χ0v) is 39.0. The lowest BCUT2D eigenvalue weighted by Crippen LogP contribution is -2.60. The highest BCUT2D eigenvalue weighted by molar-refractivity contribution is 5.91. The standard InChI is InChI=1S/C47H74N6O9/c1-13-30(6)41(51(9)46(58)39(28(2)3)50-45(57)40(29(4)5)52(10)47(59)62-27-33-21-23-35(48)24-22-33)37(60-11)26-38(54)53-25-17-20-36(53)43(61-12)31(7)44(56)49-32(8)42(55)34-18-15-14-16-19-34/h14-16,18-19,21-24,28-32,36-37,39-43,55H,13,17,20,25-27,48H2,1-12H3,(H,49,56)(H,50,57)/t30-,31+,32+,36-,37+,39-,40?,41-,42+,43+/m0/s1. The molecule has 0 saturated carbocycles. The molecule has 0 bridgehead atoms. The zero-order valence-electron chi connectivity index (χ0n) is 39.0. The molecule has 10 atom stereocenters. The fourth-order valence-electron chi connectivity index (χ4n) is 8.55. The number of methoxy groups -OCH3 is 2. The number of nitrogen functional groups attached to an aromatic ring is 1. The molecule has 5 N–H and O–H groups in total. The van der Waals surface area contributed by atoms with Crippen LogP contribution in [0.5, 0.6) is 0 Å². The van der Waals surface area contributed by atoms with Crippen LogP contribution in [0.3, 0.4) is 0 Å². The van der Waals surface area contributed by atoms with Crippen molar-refractivity contribution in [3.8, 4) is 0 Å². The fourth-order valence-corrected chi connectivity index (χ4v) is 8.55. The smallest absolute Gasteiger partial charge is 0.410 e. The zero-order chi connectivity index (χ0) is 46.4. The van der Waals surface area contributed by atoms with E-state index in [1.165, 1.54) is 26.2 Å². The van der Waals surface area contributed by atoms with Crippen LogP contribution in [0, 0.1) is 23.7 Å². The van der Waals surface area contributed by atoms with Gasteiger partial charge in [-0.15, -0.1) is 0 Å². The van der Waals surface area contributed by atoms with Crippen LogP contribution >= 0.6 is 0 Å². The van der Waals surface area contributed by atoms with E-state index in [1.54, 1.807) is 67.1 Å². The quantitative estimate of drug-likeness (QED) is 0.115. The minimum atomic E-state index is -0.956. The van der Waals surface area contributed by atoms with Gasteiger partial charge in [0.1, 0.15) is 18.7 Å². The summed E-state index contributed by atoms with van der Waals surface area (Å²) in [4.78, 5) is 74.2. The Morgan fingerprint density at radius 2 is 1.48 bits per heavy atom. The van der Waals surface area contributed by atoms with Gasteiger partial charge in [0.25, 0.3) is 0 Å². The molecule has 5 amide bonds. The minimum Gasteiger partial charge on any atom is -0.445 e. The molecule has 1 aliphatic rings. The van der Waals surface area contributed by atoms with Gasteiger partial charge in [0.2, 0.25) is 23.6 Å². The highest BCUT2D eigenvalue weighted by Gasteiger charge is 2.43. The lowest BCUT2D eigenvalue weighted by molar-refractivity contribution is -0.148. The molecule has 1 fully saturated rings. The molecule has 0 spiro atoms. The number of benzene rings is 2. The second-order valence-electron chi connectivity index (χ2n) is 17.6. The number of hydrogen-bond acceptors (Lipinski definition) is 10. The summed E-state index contributed by atoms with van der Waals surface area (Å²) in [7, 11) is 6.24. The molecule has 2 aromatic carbocycles. The molecule has 1 saturated heterocycles. The second kappa shape index (κ2) is 24.2. The summed E-state index contributed by atoms with van der Waals surface area (Å²) in [6.07, 6.45) is -0.909. The van der Waals surface area contributed by atoms with E-state index in [0.717, 1.165) is 12.0 Å². The van der Waals surface area contributed by atoms with Crippen LogP contribution in [0.15, 0.2) is 54.6 Å². The summed E-state index contributed by atoms with van der Waals surface area (Å²) < 4.78 is 17.5. The van der Waals surface area contributed by atoms with Gasteiger partial charge >= 0.3 is 6.09 Å². The van der Waals surface area contributed by atoms with Gasteiger partial charge in [-0.3, -0.25) is 24.1 Å². The van der Waals surface area contributed by atoms with E-state index in [2.05, 4.69) is 10.6 Å². The molecule has 0 radical (unpaired) electrons. The molecule has 1 unspecified atom stereocenters. The van der Waals surface area contributed by atoms with Crippen molar-refractivity contribution in [1.82, 2.24) is 25.3 Å². The maximum absolute atomic E-state index is 14.5. The number of nitrogens with zero attached hydrogens (tertiary/aromatic N) is 3. The van der Waals surface area contributed by atoms with E-state index >= 15 is 0 Å². The third-order valence-electron chi connectivity index (χ3n) is 12.4. The Morgan fingerprint density at radius 3 is 2.03 bits per heavy atom. The van der Waals surface area contributed by atoms with E-state index in [0.29, 0.717) is 30.6 Å². The number of ether oxygens (including phenoxy) is 3. The number of carbonyl (C=O) groups excluding carboxylic acids is 5. The molecule has 3 rings (SSSR count). The SMILES string of the molecule is CC[C@H](C)[C@@H]([C@@H](CC(=O)N1CCC[C@H]1[C@H](OC)[C@@H](C)C(=O)N[C@H](C)[C@@H](O)c1ccccc1)OC)N(C)C(=O)[C@@H](NC(=O)C(C(C)C)N(C)C(=O)OCc1ccc(N)cc1)C(C)C. The third-order valence-corrected chi connectivity index (χ3v) is 12.4. The van der Waals surface area contributed by atoms with Gasteiger partial charge < -0.3 is 45.5 Å². The molecule has 62 heavy (non-hydrogen) atoms. The lowest BCUT2D eigenvalue weighted by atomic mass is 9.89.